The molecule has 1 aromatic rings. The second-order valence-corrected chi connectivity index (χ2v) is 6.58. The molecular weight excluding hydrogens is 264 g/mol. The van der Waals surface area contributed by atoms with E-state index in [1.54, 1.807) is 0 Å². The van der Waals surface area contributed by atoms with Crippen LogP contribution in [0.25, 0.3) is 0 Å². The van der Waals surface area contributed by atoms with Crippen LogP contribution < -0.4 is 0 Å². The van der Waals surface area contributed by atoms with Gasteiger partial charge in [0.2, 0.25) is 0 Å². The van der Waals surface area contributed by atoms with E-state index < -0.39 is 0 Å². The minimum atomic E-state index is -0.0877. The molecule has 21 heavy (non-hydrogen) atoms. The molecule has 3 rings (SSSR count). The normalized spacial score (nSPS) is 30.1. The molecule has 2 aliphatic rings. The minimum absolute atomic E-state index is 0.0877. The van der Waals surface area contributed by atoms with E-state index in [9.17, 15) is 4.79 Å². The van der Waals surface area contributed by atoms with Crippen LogP contribution in [0, 0.1) is 11.8 Å². The first-order valence-corrected chi connectivity index (χ1v) is 7.72. The first-order valence-electron chi connectivity index (χ1n) is 7.72. The average Bonchev–Trinajstić information content (AvgIpc) is 2.41. The van der Waals surface area contributed by atoms with Gasteiger partial charge in [-0.3, -0.25) is 4.79 Å². The Morgan fingerprint density at radius 1 is 1.05 bits per heavy atom. The first kappa shape index (κ1) is 14.5. The molecule has 0 radical (unpaired) electrons. The maximum absolute atomic E-state index is 12.2. The number of benzene rings is 1. The van der Waals surface area contributed by atoms with Gasteiger partial charge in [0.25, 0.3) is 0 Å². The van der Waals surface area contributed by atoms with Crippen LogP contribution in [0.1, 0.15) is 5.56 Å². The number of ether oxygens (including phenoxy) is 1. The van der Waals surface area contributed by atoms with Crippen molar-refractivity contribution in [2.75, 3.05) is 40.3 Å². The summed E-state index contributed by atoms with van der Waals surface area (Å²) >= 11 is 0. The van der Waals surface area contributed by atoms with E-state index in [1.807, 2.05) is 30.3 Å². The van der Waals surface area contributed by atoms with Crippen molar-refractivity contribution in [3.05, 3.63) is 35.9 Å². The number of carbonyl (C=O) groups excluding carboxylic acids is 1. The lowest BCUT2D eigenvalue weighted by molar-refractivity contribution is -0.164. The molecule has 2 saturated heterocycles. The minimum Gasteiger partial charge on any atom is -0.461 e. The third-order valence-electron chi connectivity index (χ3n) is 4.57. The molecule has 0 amide bonds. The van der Waals surface area contributed by atoms with E-state index in [2.05, 4.69) is 23.9 Å². The van der Waals surface area contributed by atoms with Gasteiger partial charge >= 0.3 is 5.97 Å². The lowest BCUT2D eigenvalue weighted by atomic mass is 9.82. The van der Waals surface area contributed by atoms with Gasteiger partial charge in [0.05, 0.1) is 6.42 Å². The summed E-state index contributed by atoms with van der Waals surface area (Å²) in [5.74, 6) is 0.787. The van der Waals surface area contributed by atoms with Crippen molar-refractivity contribution < 1.29 is 9.53 Å². The molecule has 2 heterocycles. The first-order chi connectivity index (χ1) is 10.1. The van der Waals surface area contributed by atoms with Gasteiger partial charge in [0.15, 0.2) is 0 Å². The molecule has 0 aromatic heterocycles. The number of hydrogen-bond acceptors (Lipinski definition) is 4. The van der Waals surface area contributed by atoms with Crippen LogP contribution in [-0.4, -0.2) is 62.1 Å². The Bertz CT molecular complexity index is 461. The average molecular weight is 288 g/mol. The largest absolute Gasteiger partial charge is 0.461 e. The zero-order valence-corrected chi connectivity index (χ0v) is 12.9. The summed E-state index contributed by atoms with van der Waals surface area (Å²) in [5.41, 5.74) is 1.03. The fraction of sp³-hybridized carbons (Fsp3) is 0.588. The number of esters is 1. The maximum atomic E-state index is 12.2. The van der Waals surface area contributed by atoms with Crippen LogP contribution in [-0.2, 0) is 16.0 Å². The molecule has 0 unspecified atom stereocenters. The van der Waals surface area contributed by atoms with Gasteiger partial charge in [0, 0.05) is 38.0 Å². The number of rotatable bonds is 3. The fourth-order valence-corrected chi connectivity index (χ4v) is 3.81. The number of carbonyl (C=O) groups is 1. The Labute approximate surface area is 126 Å². The Kier molecular flexibility index (Phi) is 4.27. The Balaban J connectivity index is 1.63. The molecule has 1 aromatic carbocycles. The second-order valence-electron chi connectivity index (χ2n) is 6.58. The zero-order valence-electron chi connectivity index (χ0n) is 12.9. The number of likely N-dealkylation sites (tertiary alicyclic amines) is 2. The quantitative estimate of drug-likeness (QED) is 0.784. The third kappa shape index (κ3) is 3.44. The van der Waals surface area contributed by atoms with Crippen molar-refractivity contribution in [2.45, 2.75) is 12.5 Å². The predicted molar refractivity (Wildman–Crippen MR) is 82.0 cm³/mol. The van der Waals surface area contributed by atoms with Crippen molar-refractivity contribution in [1.82, 2.24) is 9.80 Å². The molecule has 4 heteroatoms. The van der Waals surface area contributed by atoms with Crippen LogP contribution in [0.15, 0.2) is 30.3 Å². The molecule has 2 aliphatic heterocycles. The van der Waals surface area contributed by atoms with Crippen molar-refractivity contribution in [1.29, 1.82) is 0 Å². The summed E-state index contributed by atoms with van der Waals surface area (Å²) in [4.78, 5) is 17.0. The summed E-state index contributed by atoms with van der Waals surface area (Å²) in [6.45, 7) is 4.07. The SMILES string of the molecule is CN1CC2CN(C)CC(C1)C2OC(=O)Cc1ccccc1. The predicted octanol–water partition coefficient (Wildman–Crippen LogP) is 1.26. The summed E-state index contributed by atoms with van der Waals surface area (Å²) in [6.07, 6.45) is 0.469. The van der Waals surface area contributed by atoms with E-state index in [-0.39, 0.29) is 12.1 Å². The molecule has 0 N–H and O–H groups in total. The highest BCUT2D eigenvalue weighted by atomic mass is 16.5. The van der Waals surface area contributed by atoms with Crippen molar-refractivity contribution in [2.24, 2.45) is 11.8 Å². The van der Waals surface area contributed by atoms with Crippen LogP contribution in [0.4, 0.5) is 0 Å². The van der Waals surface area contributed by atoms with Gasteiger partial charge in [-0.2, -0.15) is 0 Å². The highest BCUT2D eigenvalue weighted by molar-refractivity contribution is 5.72. The monoisotopic (exact) mass is 288 g/mol. The third-order valence-corrected chi connectivity index (χ3v) is 4.57. The van der Waals surface area contributed by atoms with E-state index in [4.69, 9.17) is 4.74 Å². The van der Waals surface area contributed by atoms with Crippen LogP contribution in [0.5, 0.6) is 0 Å². The lowest BCUT2D eigenvalue weighted by Crippen LogP contribution is -2.59. The highest BCUT2D eigenvalue weighted by Crippen LogP contribution is 2.30. The van der Waals surface area contributed by atoms with E-state index in [0.717, 1.165) is 31.7 Å². The Hall–Kier alpha value is -1.39. The van der Waals surface area contributed by atoms with Gasteiger partial charge in [-0.05, 0) is 19.7 Å². The number of nitrogens with zero attached hydrogens (tertiary/aromatic N) is 2. The van der Waals surface area contributed by atoms with Crippen LogP contribution in [0.3, 0.4) is 0 Å². The molecular formula is C17H24N2O2. The molecule has 114 valence electrons. The topological polar surface area (TPSA) is 32.8 Å². The van der Waals surface area contributed by atoms with E-state index in [0.29, 0.717) is 18.3 Å². The highest BCUT2D eigenvalue weighted by Gasteiger charge is 2.42. The zero-order chi connectivity index (χ0) is 14.8. The Morgan fingerprint density at radius 3 is 2.10 bits per heavy atom. The van der Waals surface area contributed by atoms with Gasteiger partial charge in [-0.15, -0.1) is 0 Å². The van der Waals surface area contributed by atoms with Gasteiger partial charge in [-0.1, -0.05) is 30.3 Å². The van der Waals surface area contributed by atoms with Gasteiger partial charge in [-0.25, -0.2) is 0 Å². The van der Waals surface area contributed by atoms with Gasteiger partial charge in [0.1, 0.15) is 6.10 Å². The molecule has 0 saturated carbocycles. The summed E-state index contributed by atoms with van der Waals surface area (Å²) < 4.78 is 5.87. The molecule has 2 bridgehead atoms. The fourth-order valence-electron chi connectivity index (χ4n) is 3.81. The summed E-state index contributed by atoms with van der Waals surface area (Å²) in [6, 6.07) is 9.84. The molecule has 4 nitrogen and oxygen atoms in total. The van der Waals surface area contributed by atoms with Crippen molar-refractivity contribution >= 4 is 5.97 Å². The van der Waals surface area contributed by atoms with E-state index in [1.165, 1.54) is 0 Å². The molecule has 2 fully saturated rings. The standard InChI is InChI=1S/C17H24N2O2/c1-18-9-14-11-19(2)12-15(10-18)17(14)21-16(20)8-13-6-4-3-5-7-13/h3-7,14-15,17H,8-12H2,1-2H3. The Morgan fingerprint density at radius 2 is 1.57 bits per heavy atom. The number of hydrogen-bond donors (Lipinski definition) is 0. The van der Waals surface area contributed by atoms with Crippen molar-refractivity contribution in [3.63, 3.8) is 0 Å². The summed E-state index contributed by atoms with van der Waals surface area (Å²) in [7, 11) is 4.32. The maximum Gasteiger partial charge on any atom is 0.310 e. The van der Waals surface area contributed by atoms with Crippen molar-refractivity contribution in [3.8, 4) is 0 Å². The summed E-state index contributed by atoms with van der Waals surface area (Å²) in [5, 5.41) is 0. The number of fused-ring (bicyclic) bond motifs is 2. The second kappa shape index (κ2) is 6.16. The lowest BCUT2D eigenvalue weighted by Gasteiger charge is -2.48. The molecule has 0 spiro atoms. The number of piperidine rings is 2. The van der Waals surface area contributed by atoms with Gasteiger partial charge < -0.3 is 14.5 Å². The van der Waals surface area contributed by atoms with Crippen LogP contribution in [0.2, 0.25) is 0 Å². The van der Waals surface area contributed by atoms with Crippen LogP contribution >= 0.6 is 0 Å². The molecule has 0 atom stereocenters. The smallest absolute Gasteiger partial charge is 0.310 e. The molecule has 0 aliphatic carbocycles. The van der Waals surface area contributed by atoms with E-state index >= 15 is 0 Å².